The van der Waals surface area contributed by atoms with Gasteiger partial charge in [0.05, 0.1) is 12.1 Å². The largest absolute Gasteiger partial charge is 0.335 e. The summed E-state index contributed by atoms with van der Waals surface area (Å²) in [6.07, 6.45) is 0. The molecule has 0 radical (unpaired) electrons. The highest BCUT2D eigenvalue weighted by atomic mass is 32.1. The predicted molar refractivity (Wildman–Crippen MR) is 135 cm³/mol. The fourth-order valence-corrected chi connectivity index (χ4v) is 5.02. The van der Waals surface area contributed by atoms with E-state index >= 15 is 0 Å². The molecule has 32 heavy (non-hydrogen) atoms. The highest BCUT2D eigenvalue weighted by Crippen LogP contribution is 2.46. The minimum atomic E-state index is 0.134. The highest BCUT2D eigenvalue weighted by Gasteiger charge is 2.44. The van der Waals surface area contributed by atoms with E-state index in [0.29, 0.717) is 0 Å². The van der Waals surface area contributed by atoms with Crippen molar-refractivity contribution in [1.82, 2.24) is 9.80 Å². The quantitative estimate of drug-likeness (QED) is 0.309. The maximum atomic E-state index is 6.17. The van der Waals surface area contributed by atoms with E-state index < -0.39 is 0 Å². The monoisotopic (exact) mass is 434 g/mol. The van der Waals surface area contributed by atoms with Crippen molar-refractivity contribution in [2.45, 2.75) is 25.2 Å². The second-order valence-corrected chi connectivity index (χ2v) is 8.59. The Morgan fingerprint density at radius 2 is 0.781 bits per heavy atom. The van der Waals surface area contributed by atoms with Gasteiger partial charge in [-0.2, -0.15) is 0 Å². The highest BCUT2D eigenvalue weighted by molar-refractivity contribution is 7.80. The van der Waals surface area contributed by atoms with Crippen LogP contribution in [-0.2, 0) is 13.1 Å². The van der Waals surface area contributed by atoms with Gasteiger partial charge >= 0.3 is 0 Å². The lowest BCUT2D eigenvalue weighted by Crippen LogP contribution is -2.32. The smallest absolute Gasteiger partial charge is 0.173 e. The van der Waals surface area contributed by atoms with Crippen LogP contribution in [0.1, 0.15) is 34.3 Å². The second-order valence-electron chi connectivity index (χ2n) is 8.22. The van der Waals surface area contributed by atoms with Gasteiger partial charge in [-0.1, -0.05) is 121 Å². The van der Waals surface area contributed by atoms with Crippen LogP contribution in [0.5, 0.6) is 0 Å². The van der Waals surface area contributed by atoms with Crippen molar-refractivity contribution in [2.24, 2.45) is 0 Å². The van der Waals surface area contributed by atoms with Gasteiger partial charge in [0, 0.05) is 13.1 Å². The number of benzene rings is 4. The van der Waals surface area contributed by atoms with Gasteiger partial charge in [-0.05, 0) is 34.5 Å². The summed E-state index contributed by atoms with van der Waals surface area (Å²) in [6, 6.07) is 43.1. The fourth-order valence-electron chi connectivity index (χ4n) is 4.66. The molecule has 1 aliphatic heterocycles. The lowest BCUT2D eigenvalue weighted by molar-refractivity contribution is 0.263. The van der Waals surface area contributed by atoms with Crippen molar-refractivity contribution in [3.63, 3.8) is 0 Å². The molecular formula is C29H26N2S. The van der Waals surface area contributed by atoms with E-state index in [2.05, 4.69) is 131 Å². The number of thiocarbonyl (C=S) groups is 1. The first-order valence-corrected chi connectivity index (χ1v) is 11.5. The normalized spacial score (nSPS) is 18.2. The molecule has 2 nitrogen and oxygen atoms in total. The lowest BCUT2D eigenvalue weighted by atomic mass is 9.92. The van der Waals surface area contributed by atoms with Gasteiger partial charge in [-0.25, -0.2) is 0 Å². The summed E-state index contributed by atoms with van der Waals surface area (Å²) in [7, 11) is 0. The van der Waals surface area contributed by atoms with E-state index in [-0.39, 0.29) is 12.1 Å². The summed E-state index contributed by atoms with van der Waals surface area (Å²) >= 11 is 6.17. The van der Waals surface area contributed by atoms with Gasteiger partial charge in [0.2, 0.25) is 0 Å². The Labute approximate surface area is 195 Å². The molecule has 4 aromatic carbocycles. The zero-order chi connectivity index (χ0) is 21.8. The van der Waals surface area contributed by atoms with E-state index in [1.54, 1.807) is 0 Å². The number of hydrogen-bond donors (Lipinski definition) is 0. The van der Waals surface area contributed by atoms with Crippen molar-refractivity contribution in [3.05, 3.63) is 144 Å². The van der Waals surface area contributed by atoms with Gasteiger partial charge in [-0.3, -0.25) is 0 Å². The Balaban J connectivity index is 1.61. The molecule has 3 heteroatoms. The Hall–Kier alpha value is -3.43. The van der Waals surface area contributed by atoms with Crippen LogP contribution in [0.25, 0.3) is 0 Å². The first-order chi connectivity index (χ1) is 15.8. The molecule has 4 aromatic rings. The molecule has 1 aliphatic rings. The topological polar surface area (TPSA) is 6.48 Å². The van der Waals surface area contributed by atoms with Crippen molar-refractivity contribution >= 4 is 17.3 Å². The fraction of sp³-hybridized carbons (Fsp3) is 0.138. The van der Waals surface area contributed by atoms with Crippen LogP contribution < -0.4 is 0 Å². The van der Waals surface area contributed by atoms with Crippen LogP contribution in [0.4, 0.5) is 0 Å². The van der Waals surface area contributed by atoms with Crippen molar-refractivity contribution in [2.75, 3.05) is 0 Å². The van der Waals surface area contributed by atoms with E-state index in [1.807, 2.05) is 0 Å². The molecular weight excluding hydrogens is 408 g/mol. The third-order valence-corrected chi connectivity index (χ3v) is 6.60. The maximum absolute atomic E-state index is 6.17. The van der Waals surface area contributed by atoms with Crippen LogP contribution in [0, 0.1) is 0 Å². The summed E-state index contributed by atoms with van der Waals surface area (Å²) in [5, 5.41) is 0.903. The molecule has 1 saturated heterocycles. The Bertz CT molecular complexity index is 1050. The van der Waals surface area contributed by atoms with Crippen molar-refractivity contribution in [1.29, 1.82) is 0 Å². The summed E-state index contributed by atoms with van der Waals surface area (Å²) in [4.78, 5) is 4.81. The molecule has 1 heterocycles. The number of nitrogens with zero attached hydrogens (tertiary/aromatic N) is 2. The molecule has 0 N–H and O–H groups in total. The summed E-state index contributed by atoms with van der Waals surface area (Å²) in [5.41, 5.74) is 5.11. The van der Waals surface area contributed by atoms with Crippen molar-refractivity contribution < 1.29 is 0 Å². The second kappa shape index (κ2) is 9.37. The molecule has 0 aliphatic carbocycles. The maximum Gasteiger partial charge on any atom is 0.173 e. The molecule has 0 unspecified atom stereocenters. The van der Waals surface area contributed by atoms with Gasteiger partial charge in [0.25, 0.3) is 0 Å². The van der Waals surface area contributed by atoms with Gasteiger partial charge in [0.15, 0.2) is 5.11 Å². The number of hydrogen-bond acceptors (Lipinski definition) is 1. The van der Waals surface area contributed by atoms with Crippen molar-refractivity contribution in [3.8, 4) is 0 Å². The van der Waals surface area contributed by atoms with Gasteiger partial charge in [0.1, 0.15) is 0 Å². The van der Waals surface area contributed by atoms with Gasteiger partial charge in [-0.15, -0.1) is 0 Å². The number of rotatable bonds is 6. The molecule has 158 valence electrons. The average Bonchev–Trinajstić information content (AvgIpc) is 3.12. The Morgan fingerprint density at radius 3 is 1.12 bits per heavy atom. The molecule has 0 amide bonds. The van der Waals surface area contributed by atoms with Crippen LogP contribution in [0.15, 0.2) is 121 Å². The molecule has 0 saturated carbocycles. The molecule has 0 spiro atoms. The van der Waals surface area contributed by atoms with Crippen LogP contribution in [0.3, 0.4) is 0 Å². The molecule has 2 atom stereocenters. The predicted octanol–water partition coefficient (Wildman–Crippen LogP) is 6.77. The van der Waals surface area contributed by atoms with E-state index in [1.165, 1.54) is 22.3 Å². The summed E-state index contributed by atoms with van der Waals surface area (Å²) in [5.74, 6) is 0. The SMILES string of the molecule is S=C1N(Cc2ccccc2)[C@@H](c2ccccc2)[C@H](c2ccccc2)N1Cc1ccccc1. The summed E-state index contributed by atoms with van der Waals surface area (Å²) < 4.78 is 0. The third kappa shape index (κ3) is 4.17. The zero-order valence-corrected chi connectivity index (χ0v) is 18.7. The third-order valence-electron chi connectivity index (χ3n) is 6.14. The Kier molecular flexibility index (Phi) is 6.00. The molecule has 1 fully saturated rings. The summed E-state index contributed by atoms with van der Waals surface area (Å²) in [6.45, 7) is 1.57. The first kappa shape index (κ1) is 20.5. The van der Waals surface area contributed by atoms with Crippen LogP contribution in [-0.4, -0.2) is 14.9 Å². The molecule has 5 rings (SSSR count). The minimum Gasteiger partial charge on any atom is -0.335 e. The molecule has 0 bridgehead atoms. The van der Waals surface area contributed by atoms with Gasteiger partial charge < -0.3 is 9.80 Å². The average molecular weight is 435 g/mol. The lowest BCUT2D eigenvalue weighted by Gasteiger charge is -2.29. The Morgan fingerprint density at radius 1 is 0.469 bits per heavy atom. The van der Waals surface area contributed by atoms with Crippen LogP contribution >= 0.6 is 12.2 Å². The first-order valence-electron chi connectivity index (χ1n) is 11.1. The van der Waals surface area contributed by atoms with E-state index in [0.717, 1.165) is 18.2 Å². The standard InChI is InChI=1S/C29H26N2S/c32-29-30(21-23-13-5-1-6-14-23)27(25-17-9-3-10-18-25)28(26-19-11-4-12-20-26)31(29)22-24-15-7-2-8-16-24/h1-20,27-28H,21-22H2/t27-,28-/m0/s1. The van der Waals surface area contributed by atoms with E-state index in [4.69, 9.17) is 12.2 Å². The minimum absolute atomic E-state index is 0.134. The van der Waals surface area contributed by atoms with E-state index in [9.17, 15) is 0 Å². The van der Waals surface area contributed by atoms with Crippen LogP contribution in [0.2, 0.25) is 0 Å². The molecule has 0 aromatic heterocycles. The zero-order valence-electron chi connectivity index (χ0n) is 17.9.